The second kappa shape index (κ2) is 9.85. The van der Waals surface area contributed by atoms with E-state index in [1.807, 2.05) is 12.1 Å². The summed E-state index contributed by atoms with van der Waals surface area (Å²) in [5.74, 6) is -0.0560. The summed E-state index contributed by atoms with van der Waals surface area (Å²) < 4.78 is 0. The Kier molecular flexibility index (Phi) is 7.23. The van der Waals surface area contributed by atoms with Crippen LogP contribution < -0.4 is 10.6 Å². The maximum absolute atomic E-state index is 11.7. The summed E-state index contributed by atoms with van der Waals surface area (Å²) in [6, 6.07) is 17.1. The van der Waals surface area contributed by atoms with Gasteiger partial charge in [0.15, 0.2) is 0 Å². The number of carbonyl (C=O) groups excluding carboxylic acids is 1. The van der Waals surface area contributed by atoms with Gasteiger partial charge in [-0.15, -0.1) is 0 Å². The quantitative estimate of drug-likeness (QED) is 0.742. The molecule has 0 atom stereocenters. The number of benzene rings is 2. The van der Waals surface area contributed by atoms with E-state index in [0.29, 0.717) is 6.54 Å². The zero-order chi connectivity index (χ0) is 20.8. The molecule has 0 unspecified atom stereocenters. The Hall–Kier alpha value is -2.44. The van der Waals surface area contributed by atoms with Crippen molar-refractivity contribution in [2.45, 2.75) is 19.9 Å². The van der Waals surface area contributed by atoms with Crippen LogP contribution in [0.4, 0.5) is 5.69 Å². The molecule has 1 saturated heterocycles. The Labute approximate surface area is 179 Å². The number of carbonyl (C=O) groups is 1. The van der Waals surface area contributed by atoms with Gasteiger partial charge in [-0.2, -0.15) is 0 Å². The van der Waals surface area contributed by atoms with Crippen molar-refractivity contribution in [3.05, 3.63) is 54.1 Å². The Balaban J connectivity index is 1.65. The predicted molar refractivity (Wildman–Crippen MR) is 124 cm³/mol. The highest BCUT2D eigenvalue weighted by Gasteiger charge is 2.18. The number of rotatable bonds is 6. The number of nitrogens with zero attached hydrogens (tertiary/aromatic N) is 3. The first kappa shape index (κ1) is 21.3. The summed E-state index contributed by atoms with van der Waals surface area (Å²) >= 11 is 5.44. The van der Waals surface area contributed by atoms with Gasteiger partial charge >= 0.3 is 0 Å². The number of thiocarbonyl (C=S) groups is 1. The molecule has 1 aliphatic rings. The maximum Gasteiger partial charge on any atom is 0.236 e. The molecule has 2 aromatic rings. The minimum atomic E-state index is -0.0560. The largest absolute Gasteiger partial charge is 0.368 e. The number of hydrogen-bond donors (Lipinski definition) is 1. The van der Waals surface area contributed by atoms with E-state index in [0.717, 1.165) is 48.7 Å². The molecule has 1 amide bonds. The normalized spacial score (nSPS) is 14.0. The first-order valence-electron chi connectivity index (χ1n) is 10.2. The molecule has 0 radical (unpaired) electrons. The third-order valence-corrected chi connectivity index (χ3v) is 5.99. The van der Waals surface area contributed by atoms with Crippen molar-refractivity contribution in [3.63, 3.8) is 0 Å². The van der Waals surface area contributed by atoms with E-state index < -0.39 is 0 Å². The van der Waals surface area contributed by atoms with Gasteiger partial charge in [-0.1, -0.05) is 49.5 Å². The minimum Gasteiger partial charge on any atom is -0.368 e. The van der Waals surface area contributed by atoms with Gasteiger partial charge in [0.2, 0.25) is 5.91 Å². The van der Waals surface area contributed by atoms with Crippen molar-refractivity contribution in [3.8, 4) is 11.1 Å². The fourth-order valence-electron chi connectivity index (χ4n) is 3.67. The minimum absolute atomic E-state index is 0.0378. The van der Waals surface area contributed by atoms with Crippen LogP contribution in [-0.4, -0.2) is 60.5 Å². The molecule has 2 N–H and O–H groups in total. The summed E-state index contributed by atoms with van der Waals surface area (Å²) in [7, 11) is 1.78. The zero-order valence-corrected chi connectivity index (χ0v) is 18.1. The van der Waals surface area contributed by atoms with Gasteiger partial charge < -0.3 is 20.4 Å². The summed E-state index contributed by atoms with van der Waals surface area (Å²) in [5, 5.41) is 0. The Bertz CT molecular complexity index is 844. The van der Waals surface area contributed by atoms with Gasteiger partial charge in [-0.05, 0) is 41.3 Å². The summed E-state index contributed by atoms with van der Waals surface area (Å²) in [5.41, 5.74) is 10.1. The van der Waals surface area contributed by atoms with Crippen molar-refractivity contribution >= 4 is 28.8 Å². The highest BCUT2D eigenvalue weighted by atomic mass is 32.1. The standard InChI is InChI=1S/C23H30N4OS/c1-3-23(29)27-13-11-26(12-14-27)21-9-7-19(8-10-21)20-6-4-5-18(15-20)17-25(2)22(28)16-24/h4-10,15H,3,11-14,16-17,24H2,1-2H3. The highest BCUT2D eigenvalue weighted by Crippen LogP contribution is 2.25. The molecule has 1 aliphatic heterocycles. The lowest BCUT2D eigenvalue weighted by molar-refractivity contribution is -0.128. The van der Waals surface area contributed by atoms with E-state index in [4.69, 9.17) is 18.0 Å². The van der Waals surface area contributed by atoms with E-state index >= 15 is 0 Å². The second-order valence-corrected chi connectivity index (χ2v) is 7.89. The van der Waals surface area contributed by atoms with E-state index in [9.17, 15) is 4.79 Å². The van der Waals surface area contributed by atoms with Gasteiger partial charge in [0.1, 0.15) is 0 Å². The number of hydrogen-bond acceptors (Lipinski definition) is 4. The third-order valence-electron chi connectivity index (χ3n) is 5.45. The Morgan fingerprint density at radius 2 is 1.76 bits per heavy atom. The first-order valence-corrected chi connectivity index (χ1v) is 10.6. The molecular formula is C23H30N4OS. The van der Waals surface area contributed by atoms with E-state index in [1.54, 1.807) is 11.9 Å². The number of nitrogens with two attached hydrogens (primary N) is 1. The van der Waals surface area contributed by atoms with Crippen LogP contribution in [0, 0.1) is 0 Å². The monoisotopic (exact) mass is 410 g/mol. The smallest absolute Gasteiger partial charge is 0.236 e. The van der Waals surface area contributed by atoms with Crippen LogP contribution in [-0.2, 0) is 11.3 Å². The molecule has 1 heterocycles. The first-order chi connectivity index (χ1) is 14.0. The molecular weight excluding hydrogens is 380 g/mol. The lowest BCUT2D eigenvalue weighted by Crippen LogP contribution is -2.48. The maximum atomic E-state index is 11.7. The van der Waals surface area contributed by atoms with Crippen molar-refractivity contribution in [1.82, 2.24) is 9.80 Å². The third kappa shape index (κ3) is 5.34. The summed E-state index contributed by atoms with van der Waals surface area (Å²) in [6.07, 6.45) is 0.944. The SMILES string of the molecule is CCC(=S)N1CCN(c2ccc(-c3cccc(CN(C)C(=O)CN)c3)cc2)CC1. The predicted octanol–water partition coefficient (Wildman–Crippen LogP) is 3.13. The second-order valence-electron chi connectivity index (χ2n) is 7.42. The molecule has 0 aromatic heterocycles. The van der Waals surface area contributed by atoms with E-state index in [2.05, 4.69) is 53.1 Å². The van der Waals surface area contributed by atoms with Gasteiger partial charge in [0, 0.05) is 45.5 Å². The average molecular weight is 411 g/mol. The molecule has 5 nitrogen and oxygen atoms in total. The molecule has 0 bridgehead atoms. The molecule has 29 heavy (non-hydrogen) atoms. The van der Waals surface area contributed by atoms with Gasteiger partial charge in [-0.25, -0.2) is 0 Å². The fraction of sp³-hybridized carbons (Fsp3) is 0.391. The number of amides is 1. The number of piperazine rings is 1. The van der Waals surface area contributed by atoms with Crippen LogP contribution in [0.15, 0.2) is 48.5 Å². The average Bonchev–Trinajstić information content (AvgIpc) is 2.78. The van der Waals surface area contributed by atoms with Crippen molar-refractivity contribution < 1.29 is 4.79 Å². The van der Waals surface area contributed by atoms with Crippen LogP contribution in [0.25, 0.3) is 11.1 Å². The van der Waals surface area contributed by atoms with Gasteiger partial charge in [0.25, 0.3) is 0 Å². The molecule has 1 fully saturated rings. The van der Waals surface area contributed by atoms with Crippen molar-refractivity contribution in [2.75, 3.05) is 44.7 Å². The zero-order valence-electron chi connectivity index (χ0n) is 17.3. The molecule has 6 heteroatoms. The molecule has 3 rings (SSSR count). The van der Waals surface area contributed by atoms with Crippen LogP contribution in [0.5, 0.6) is 0 Å². The summed E-state index contributed by atoms with van der Waals surface area (Å²) in [4.78, 5) is 19.2. The highest BCUT2D eigenvalue weighted by molar-refractivity contribution is 7.80. The van der Waals surface area contributed by atoms with Gasteiger partial charge in [-0.3, -0.25) is 4.79 Å². The molecule has 154 valence electrons. The lowest BCUT2D eigenvalue weighted by atomic mass is 10.0. The molecule has 0 saturated carbocycles. The molecule has 0 spiro atoms. The fourth-order valence-corrected chi connectivity index (χ4v) is 3.85. The van der Waals surface area contributed by atoms with Crippen LogP contribution in [0.2, 0.25) is 0 Å². The van der Waals surface area contributed by atoms with Crippen LogP contribution in [0.3, 0.4) is 0 Å². The topological polar surface area (TPSA) is 52.8 Å². The van der Waals surface area contributed by atoms with Crippen molar-refractivity contribution in [2.24, 2.45) is 5.73 Å². The molecule has 2 aromatic carbocycles. The Morgan fingerprint density at radius 1 is 1.07 bits per heavy atom. The van der Waals surface area contributed by atoms with E-state index in [1.165, 1.54) is 11.3 Å². The molecule has 0 aliphatic carbocycles. The number of anilines is 1. The number of likely N-dealkylation sites (N-methyl/N-ethyl adjacent to an activating group) is 1. The lowest BCUT2D eigenvalue weighted by Gasteiger charge is -2.37. The Morgan fingerprint density at radius 3 is 2.38 bits per heavy atom. The van der Waals surface area contributed by atoms with Crippen molar-refractivity contribution in [1.29, 1.82) is 0 Å². The van der Waals surface area contributed by atoms with Crippen LogP contribution >= 0.6 is 12.2 Å². The van der Waals surface area contributed by atoms with E-state index in [-0.39, 0.29) is 12.5 Å². The van der Waals surface area contributed by atoms with Gasteiger partial charge in [0.05, 0.1) is 11.5 Å². The van der Waals surface area contributed by atoms with Crippen LogP contribution in [0.1, 0.15) is 18.9 Å². The summed E-state index contributed by atoms with van der Waals surface area (Å²) in [6.45, 7) is 6.70.